The molecule has 3 heterocycles. The molecule has 24 heavy (non-hydrogen) atoms. The molecule has 0 radical (unpaired) electrons. The zero-order valence-electron chi connectivity index (χ0n) is 13.9. The summed E-state index contributed by atoms with van der Waals surface area (Å²) in [6.45, 7) is 3.72. The van der Waals surface area contributed by atoms with Crippen molar-refractivity contribution in [2.45, 2.75) is 32.6 Å². The predicted octanol–water partition coefficient (Wildman–Crippen LogP) is 2.13. The number of ether oxygens (including phenoxy) is 1. The molecule has 0 amide bonds. The number of hydrogen-bond acceptors (Lipinski definition) is 6. The van der Waals surface area contributed by atoms with Crippen molar-refractivity contribution in [3.05, 3.63) is 46.4 Å². The van der Waals surface area contributed by atoms with E-state index < -0.39 is 10.8 Å². The number of methoxy groups -OCH3 is 1. The summed E-state index contributed by atoms with van der Waals surface area (Å²) in [5.74, 6) is 1.63. The number of aliphatic hydroxyl groups is 1. The summed E-state index contributed by atoms with van der Waals surface area (Å²) < 4.78 is 18.1. The fourth-order valence-electron chi connectivity index (χ4n) is 2.72. The number of hydrogen-bond donors (Lipinski definition) is 1. The van der Waals surface area contributed by atoms with Crippen molar-refractivity contribution < 1.29 is 14.1 Å². The van der Waals surface area contributed by atoms with Crippen molar-refractivity contribution in [2.24, 2.45) is 4.99 Å². The third-order valence-corrected chi connectivity index (χ3v) is 5.33. The summed E-state index contributed by atoms with van der Waals surface area (Å²) in [5.41, 5.74) is 4.10. The number of aromatic nitrogens is 2. The van der Waals surface area contributed by atoms with Gasteiger partial charge in [0.15, 0.2) is 5.82 Å². The summed E-state index contributed by atoms with van der Waals surface area (Å²) in [7, 11) is 0.344. The number of aryl methyl sites for hydroxylation is 1. The second-order valence-corrected chi connectivity index (χ2v) is 7.11. The Morgan fingerprint density at radius 3 is 2.83 bits per heavy atom. The molecule has 0 spiro atoms. The minimum Gasteiger partial charge on any atom is -0.496 e. The molecule has 7 heteroatoms. The quantitative estimate of drug-likeness (QED) is 0.917. The molecule has 2 aromatic rings. The molecule has 0 saturated carbocycles. The number of nitrogens with zero attached hydrogens (tertiary/aromatic N) is 3. The summed E-state index contributed by atoms with van der Waals surface area (Å²) >= 11 is 0. The molecule has 1 unspecified atom stereocenters. The van der Waals surface area contributed by atoms with Crippen LogP contribution in [-0.2, 0) is 29.6 Å². The maximum Gasteiger partial charge on any atom is 0.156 e. The largest absolute Gasteiger partial charge is 0.496 e. The fraction of sp³-hybridized carbons (Fsp3) is 0.353. The molecule has 1 N–H and O–H groups in total. The second-order valence-electron chi connectivity index (χ2n) is 5.66. The van der Waals surface area contributed by atoms with Gasteiger partial charge in [-0.3, -0.25) is 9.19 Å². The first-order valence-electron chi connectivity index (χ1n) is 7.58. The van der Waals surface area contributed by atoms with Crippen molar-refractivity contribution in [3.8, 4) is 5.75 Å². The number of rotatable bonds is 4. The van der Waals surface area contributed by atoms with E-state index in [-0.39, 0.29) is 6.61 Å². The summed E-state index contributed by atoms with van der Waals surface area (Å²) in [6.07, 6.45) is 2.25. The first-order valence-corrected chi connectivity index (χ1v) is 8.90. The lowest BCUT2D eigenvalue weighted by molar-refractivity contribution is 0.277. The van der Waals surface area contributed by atoms with Gasteiger partial charge in [-0.2, -0.15) is 0 Å². The van der Waals surface area contributed by atoms with Crippen LogP contribution in [0.4, 0.5) is 5.82 Å². The molecule has 0 saturated heterocycles. The number of pyridine rings is 2. The Morgan fingerprint density at radius 1 is 1.33 bits per heavy atom. The van der Waals surface area contributed by atoms with Crippen LogP contribution in [0.15, 0.2) is 23.3 Å². The highest BCUT2D eigenvalue weighted by molar-refractivity contribution is 8.00. The molecule has 6 nitrogen and oxygen atoms in total. The molecule has 0 fully saturated rings. The number of aliphatic imine (C=N–C) groups is 1. The van der Waals surface area contributed by atoms with E-state index in [2.05, 4.69) is 15.0 Å². The Balaban J connectivity index is 1.82. The molecule has 126 valence electrons. The smallest absolute Gasteiger partial charge is 0.156 e. The average molecular weight is 345 g/mol. The minimum atomic E-state index is -1.28. The SMILES string of the molecule is COc1c(C)cnc(CS(=O)C2=Nc3nc(CO)ccc3C2)c1C. The van der Waals surface area contributed by atoms with Gasteiger partial charge < -0.3 is 9.84 Å². The first kappa shape index (κ1) is 16.7. The number of fused-ring (bicyclic) bond motifs is 1. The Kier molecular flexibility index (Phi) is 4.73. The van der Waals surface area contributed by atoms with Crippen molar-refractivity contribution in [3.63, 3.8) is 0 Å². The molecular weight excluding hydrogens is 326 g/mol. The van der Waals surface area contributed by atoms with E-state index >= 15 is 0 Å². The van der Waals surface area contributed by atoms with Crippen LogP contribution in [0.2, 0.25) is 0 Å². The topological polar surface area (TPSA) is 84.7 Å². The monoisotopic (exact) mass is 345 g/mol. The molecule has 3 rings (SSSR count). The van der Waals surface area contributed by atoms with Gasteiger partial charge in [0.25, 0.3) is 0 Å². The van der Waals surface area contributed by atoms with Crippen molar-refractivity contribution in [2.75, 3.05) is 7.11 Å². The Hall–Kier alpha value is -2.12. The highest BCUT2D eigenvalue weighted by Crippen LogP contribution is 2.28. The van der Waals surface area contributed by atoms with E-state index in [1.807, 2.05) is 19.9 Å². The van der Waals surface area contributed by atoms with Gasteiger partial charge in [0.05, 0.1) is 41.7 Å². The van der Waals surface area contributed by atoms with Crippen molar-refractivity contribution >= 4 is 21.7 Å². The molecular formula is C17H19N3O3S. The van der Waals surface area contributed by atoms with Gasteiger partial charge in [0, 0.05) is 29.3 Å². The first-order chi connectivity index (χ1) is 11.5. The van der Waals surface area contributed by atoms with Crippen LogP contribution in [0.1, 0.15) is 28.1 Å². The van der Waals surface area contributed by atoms with Crippen LogP contribution in [0.3, 0.4) is 0 Å². The van der Waals surface area contributed by atoms with Gasteiger partial charge in [0.2, 0.25) is 0 Å². The summed E-state index contributed by atoms with van der Waals surface area (Å²) in [5, 5.41) is 9.74. The predicted molar refractivity (Wildman–Crippen MR) is 93.1 cm³/mol. The molecule has 2 aromatic heterocycles. The van der Waals surface area contributed by atoms with E-state index in [4.69, 9.17) is 9.84 Å². The van der Waals surface area contributed by atoms with Crippen LogP contribution in [0.5, 0.6) is 5.75 Å². The van der Waals surface area contributed by atoms with Crippen molar-refractivity contribution in [1.82, 2.24) is 9.97 Å². The fourth-order valence-corrected chi connectivity index (χ4v) is 3.93. The average Bonchev–Trinajstić information content (AvgIpc) is 3.01. The Labute approximate surface area is 143 Å². The molecule has 1 aliphatic rings. The maximum atomic E-state index is 12.7. The van der Waals surface area contributed by atoms with Gasteiger partial charge in [-0.1, -0.05) is 6.07 Å². The van der Waals surface area contributed by atoms with Gasteiger partial charge in [0.1, 0.15) is 10.8 Å². The molecule has 1 aliphatic heterocycles. The van der Waals surface area contributed by atoms with E-state index in [1.165, 1.54) is 0 Å². The molecule has 1 atom stereocenters. The lowest BCUT2D eigenvalue weighted by atomic mass is 10.1. The van der Waals surface area contributed by atoms with Crippen molar-refractivity contribution in [1.29, 1.82) is 0 Å². The highest BCUT2D eigenvalue weighted by atomic mass is 32.2. The molecule has 0 aromatic carbocycles. The lowest BCUT2D eigenvalue weighted by Gasteiger charge is -2.11. The zero-order valence-corrected chi connectivity index (χ0v) is 14.7. The van der Waals surface area contributed by atoms with Crippen LogP contribution in [0.25, 0.3) is 0 Å². The van der Waals surface area contributed by atoms with Crippen LogP contribution < -0.4 is 4.74 Å². The van der Waals surface area contributed by atoms with E-state index in [9.17, 15) is 4.21 Å². The molecule has 0 aliphatic carbocycles. The lowest BCUT2D eigenvalue weighted by Crippen LogP contribution is -2.12. The van der Waals surface area contributed by atoms with Crippen LogP contribution in [-0.4, -0.2) is 31.4 Å². The van der Waals surface area contributed by atoms with Gasteiger partial charge in [-0.05, 0) is 19.9 Å². The van der Waals surface area contributed by atoms with E-state index in [0.29, 0.717) is 28.7 Å². The number of aliphatic hydroxyl groups excluding tert-OH is 1. The normalized spacial score (nSPS) is 14.2. The minimum absolute atomic E-state index is 0.131. The highest BCUT2D eigenvalue weighted by Gasteiger charge is 2.22. The molecule has 0 bridgehead atoms. The standard InChI is InChI=1S/C17H19N3O3S/c1-10-7-18-14(11(2)16(10)23-3)9-24(22)15-6-12-4-5-13(8-21)19-17(12)20-15/h4-5,7,21H,6,8-9H2,1-3H3. The van der Waals surface area contributed by atoms with Crippen LogP contribution >= 0.6 is 0 Å². The van der Waals surface area contributed by atoms with E-state index in [1.54, 1.807) is 19.4 Å². The third kappa shape index (κ3) is 3.09. The Bertz CT molecular complexity index is 849. The maximum absolute atomic E-state index is 12.7. The zero-order chi connectivity index (χ0) is 17.3. The van der Waals surface area contributed by atoms with Gasteiger partial charge >= 0.3 is 0 Å². The van der Waals surface area contributed by atoms with E-state index in [0.717, 1.165) is 28.1 Å². The Morgan fingerprint density at radius 2 is 2.12 bits per heavy atom. The van der Waals surface area contributed by atoms with Gasteiger partial charge in [-0.15, -0.1) is 0 Å². The third-order valence-electron chi connectivity index (χ3n) is 4.03. The summed E-state index contributed by atoms with van der Waals surface area (Å²) in [4.78, 5) is 13.0. The van der Waals surface area contributed by atoms with Crippen LogP contribution in [0, 0.1) is 13.8 Å². The second kappa shape index (κ2) is 6.78. The van der Waals surface area contributed by atoms with Gasteiger partial charge in [-0.25, -0.2) is 9.98 Å². The summed E-state index contributed by atoms with van der Waals surface area (Å²) in [6, 6.07) is 3.64.